The third-order valence-corrected chi connectivity index (χ3v) is 1.94. The molecule has 1 aromatic rings. The molecule has 0 aliphatic rings. The highest BCUT2D eigenvalue weighted by Crippen LogP contribution is 2.30. The maximum Gasteiger partial charge on any atom is 0.416 e. The highest BCUT2D eigenvalue weighted by atomic mass is 19.4. The first-order chi connectivity index (χ1) is 8.10. The predicted octanol–water partition coefficient (Wildman–Crippen LogP) is 2.44. The molecule has 1 heterocycles. The zero-order valence-corrected chi connectivity index (χ0v) is 8.68. The summed E-state index contributed by atoms with van der Waals surface area (Å²) in [5.41, 5.74) is -1.04. The zero-order valence-electron chi connectivity index (χ0n) is 8.68. The Kier molecular flexibility index (Phi) is 4.05. The first-order valence-electron chi connectivity index (χ1n) is 4.62. The van der Waals surface area contributed by atoms with E-state index < -0.39 is 36.4 Å². The molecule has 0 saturated carbocycles. The van der Waals surface area contributed by atoms with Crippen LogP contribution in [0.1, 0.15) is 5.56 Å². The van der Waals surface area contributed by atoms with Gasteiger partial charge in [-0.2, -0.15) is 26.3 Å². The number of aliphatic hydroxyl groups excluding tert-OH is 1. The van der Waals surface area contributed by atoms with E-state index in [4.69, 9.17) is 5.11 Å². The number of aromatic nitrogens is 1. The number of alkyl halides is 6. The number of nitrogens with one attached hydrogen (secondary N) is 1. The molecule has 0 amide bonds. The number of aliphatic hydroxyl groups is 1. The molecule has 0 aromatic carbocycles. The summed E-state index contributed by atoms with van der Waals surface area (Å²) in [6, 6.07) is 1.24. The molecule has 9 heteroatoms. The van der Waals surface area contributed by atoms with Gasteiger partial charge < -0.3 is 10.4 Å². The quantitative estimate of drug-likeness (QED) is 0.832. The van der Waals surface area contributed by atoms with Gasteiger partial charge in [-0.05, 0) is 12.1 Å². The Labute approximate surface area is 97.4 Å². The standard InChI is InChI=1S/C9H8F6N2O/c10-8(11,12)5-1-2-16-7(3-5)17-4-6(18)9(13,14)15/h1-3,6,18H,4H2,(H,16,17). The van der Waals surface area contributed by atoms with Crippen LogP contribution in [0.3, 0.4) is 0 Å². The van der Waals surface area contributed by atoms with Crippen LogP contribution in [0.4, 0.5) is 32.2 Å². The summed E-state index contributed by atoms with van der Waals surface area (Å²) >= 11 is 0. The van der Waals surface area contributed by atoms with E-state index in [1.54, 1.807) is 0 Å². The van der Waals surface area contributed by atoms with Gasteiger partial charge in [-0.1, -0.05) is 0 Å². The molecule has 2 N–H and O–H groups in total. The van der Waals surface area contributed by atoms with Crippen LogP contribution in [0, 0.1) is 0 Å². The van der Waals surface area contributed by atoms with Gasteiger partial charge in [0.15, 0.2) is 6.10 Å². The summed E-state index contributed by atoms with van der Waals surface area (Å²) < 4.78 is 72.6. The van der Waals surface area contributed by atoms with Gasteiger partial charge in [0.2, 0.25) is 0 Å². The zero-order chi connectivity index (χ0) is 14.0. The number of anilines is 1. The van der Waals surface area contributed by atoms with Gasteiger partial charge in [0.25, 0.3) is 0 Å². The lowest BCUT2D eigenvalue weighted by molar-refractivity contribution is -0.198. The molecule has 0 bridgehead atoms. The van der Waals surface area contributed by atoms with Crippen molar-refractivity contribution in [3.63, 3.8) is 0 Å². The number of hydrogen-bond acceptors (Lipinski definition) is 3. The summed E-state index contributed by atoms with van der Waals surface area (Å²) in [7, 11) is 0. The SMILES string of the molecule is OC(CNc1cc(C(F)(F)F)ccn1)C(F)(F)F. The van der Waals surface area contributed by atoms with Crippen molar-refractivity contribution in [1.82, 2.24) is 4.98 Å². The molecule has 0 aliphatic heterocycles. The van der Waals surface area contributed by atoms with E-state index in [-0.39, 0.29) is 0 Å². The van der Waals surface area contributed by atoms with Crippen molar-refractivity contribution in [1.29, 1.82) is 0 Å². The lowest BCUT2D eigenvalue weighted by Crippen LogP contribution is -2.35. The highest BCUT2D eigenvalue weighted by Gasteiger charge is 2.38. The molecule has 1 unspecified atom stereocenters. The second-order valence-electron chi connectivity index (χ2n) is 3.37. The largest absolute Gasteiger partial charge is 0.416 e. The Morgan fingerprint density at radius 1 is 1.22 bits per heavy atom. The van der Waals surface area contributed by atoms with Gasteiger partial charge >= 0.3 is 12.4 Å². The maximum absolute atomic E-state index is 12.3. The van der Waals surface area contributed by atoms with Crippen LogP contribution in [-0.4, -0.2) is 28.9 Å². The van der Waals surface area contributed by atoms with E-state index in [2.05, 4.69) is 4.98 Å². The van der Waals surface area contributed by atoms with Crippen LogP contribution in [0.15, 0.2) is 18.3 Å². The van der Waals surface area contributed by atoms with Crippen LogP contribution in [0.2, 0.25) is 0 Å². The van der Waals surface area contributed by atoms with Crippen molar-refractivity contribution < 1.29 is 31.4 Å². The van der Waals surface area contributed by atoms with Gasteiger partial charge in [0.1, 0.15) is 5.82 Å². The predicted molar refractivity (Wildman–Crippen MR) is 49.8 cm³/mol. The Morgan fingerprint density at radius 3 is 2.33 bits per heavy atom. The van der Waals surface area contributed by atoms with Crippen molar-refractivity contribution in [3.05, 3.63) is 23.9 Å². The summed E-state index contributed by atoms with van der Waals surface area (Å²) in [4.78, 5) is 3.42. The third-order valence-electron chi connectivity index (χ3n) is 1.94. The highest BCUT2D eigenvalue weighted by molar-refractivity contribution is 5.38. The molecule has 0 radical (unpaired) electrons. The van der Waals surface area contributed by atoms with Gasteiger partial charge in [0, 0.05) is 6.20 Å². The normalized spacial score (nSPS) is 14.4. The van der Waals surface area contributed by atoms with Crippen LogP contribution in [-0.2, 0) is 6.18 Å². The molecular weight excluding hydrogens is 266 g/mol. The summed E-state index contributed by atoms with van der Waals surface area (Å²) in [5, 5.41) is 10.6. The van der Waals surface area contributed by atoms with Gasteiger partial charge in [-0.3, -0.25) is 0 Å². The molecule has 1 atom stereocenters. The molecule has 0 saturated heterocycles. The average Bonchev–Trinajstić information content (AvgIpc) is 2.23. The Bertz CT molecular complexity index is 403. The number of hydrogen-bond donors (Lipinski definition) is 2. The molecular formula is C9H8F6N2O. The molecule has 102 valence electrons. The fraction of sp³-hybridized carbons (Fsp3) is 0.444. The van der Waals surface area contributed by atoms with E-state index in [1.165, 1.54) is 0 Å². The third kappa shape index (κ3) is 4.06. The molecule has 18 heavy (non-hydrogen) atoms. The van der Waals surface area contributed by atoms with E-state index in [0.29, 0.717) is 12.1 Å². The second-order valence-corrected chi connectivity index (χ2v) is 3.37. The lowest BCUT2D eigenvalue weighted by Gasteiger charge is -2.15. The van der Waals surface area contributed by atoms with Crippen molar-refractivity contribution in [2.75, 3.05) is 11.9 Å². The molecule has 1 aromatic heterocycles. The number of pyridine rings is 1. The number of nitrogens with zero attached hydrogens (tertiary/aromatic N) is 1. The van der Waals surface area contributed by atoms with Crippen LogP contribution in [0.5, 0.6) is 0 Å². The minimum absolute atomic E-state index is 0.395. The van der Waals surface area contributed by atoms with Crippen molar-refractivity contribution in [2.24, 2.45) is 0 Å². The molecule has 0 aliphatic carbocycles. The minimum atomic E-state index is -4.84. The first-order valence-corrected chi connectivity index (χ1v) is 4.62. The Balaban J connectivity index is 2.69. The van der Waals surface area contributed by atoms with Crippen LogP contribution in [0.25, 0.3) is 0 Å². The first kappa shape index (κ1) is 14.6. The van der Waals surface area contributed by atoms with E-state index in [0.717, 1.165) is 6.20 Å². The molecule has 3 nitrogen and oxygen atoms in total. The lowest BCUT2D eigenvalue weighted by atomic mass is 10.2. The average molecular weight is 274 g/mol. The maximum atomic E-state index is 12.3. The van der Waals surface area contributed by atoms with E-state index in [9.17, 15) is 26.3 Å². The second kappa shape index (κ2) is 5.01. The summed E-state index contributed by atoms with van der Waals surface area (Å²) in [5.74, 6) is -0.395. The summed E-state index contributed by atoms with van der Waals surface area (Å²) in [6.45, 7) is -0.974. The van der Waals surface area contributed by atoms with Crippen LogP contribution < -0.4 is 5.32 Å². The fourth-order valence-electron chi connectivity index (χ4n) is 1.02. The van der Waals surface area contributed by atoms with Crippen molar-refractivity contribution >= 4 is 5.82 Å². The molecule has 1 rings (SSSR count). The number of rotatable bonds is 3. The fourth-order valence-corrected chi connectivity index (χ4v) is 1.02. The molecule has 0 spiro atoms. The smallest absolute Gasteiger partial charge is 0.382 e. The van der Waals surface area contributed by atoms with Crippen molar-refractivity contribution in [2.45, 2.75) is 18.5 Å². The van der Waals surface area contributed by atoms with E-state index in [1.807, 2.05) is 5.32 Å². The van der Waals surface area contributed by atoms with E-state index >= 15 is 0 Å². The monoisotopic (exact) mass is 274 g/mol. The topological polar surface area (TPSA) is 45.1 Å². The minimum Gasteiger partial charge on any atom is -0.382 e. The Morgan fingerprint density at radius 2 is 1.83 bits per heavy atom. The Hall–Kier alpha value is -1.51. The molecule has 0 fully saturated rings. The van der Waals surface area contributed by atoms with Crippen molar-refractivity contribution in [3.8, 4) is 0 Å². The number of halogens is 6. The van der Waals surface area contributed by atoms with Gasteiger partial charge in [0.05, 0.1) is 12.1 Å². The van der Waals surface area contributed by atoms with Gasteiger partial charge in [-0.25, -0.2) is 4.98 Å². The van der Waals surface area contributed by atoms with Gasteiger partial charge in [-0.15, -0.1) is 0 Å². The summed E-state index contributed by atoms with van der Waals surface area (Å²) in [6.07, 6.45) is -11.3. The van der Waals surface area contributed by atoms with Crippen LogP contribution >= 0.6 is 0 Å².